The molecule has 0 aromatic heterocycles. The van der Waals surface area contributed by atoms with Gasteiger partial charge in [-0.25, -0.2) is 0 Å². The number of rotatable bonds is 5. The molecular formula is C22H22O2. The van der Waals surface area contributed by atoms with Crippen LogP contribution in [0.4, 0.5) is 0 Å². The minimum atomic E-state index is 0.202. The summed E-state index contributed by atoms with van der Waals surface area (Å²) in [7, 11) is 1.68. The van der Waals surface area contributed by atoms with Crippen molar-refractivity contribution in [1.29, 1.82) is 0 Å². The minimum Gasteiger partial charge on any atom is -0.497 e. The van der Waals surface area contributed by atoms with Gasteiger partial charge in [0.1, 0.15) is 12.0 Å². The van der Waals surface area contributed by atoms with Gasteiger partial charge in [0.05, 0.1) is 7.11 Å². The molecule has 2 aromatic rings. The minimum absolute atomic E-state index is 0.202. The third-order valence-corrected chi connectivity index (χ3v) is 4.87. The van der Waals surface area contributed by atoms with Crippen molar-refractivity contribution >= 4 is 11.9 Å². The van der Waals surface area contributed by atoms with E-state index in [-0.39, 0.29) is 11.8 Å². The number of benzene rings is 2. The smallest absolute Gasteiger partial charge is 0.143 e. The number of aldehydes is 1. The number of hydrogen-bond acceptors (Lipinski definition) is 2. The Morgan fingerprint density at radius 2 is 2.00 bits per heavy atom. The second-order valence-corrected chi connectivity index (χ2v) is 6.10. The number of fused-ring (bicyclic) bond motifs is 1. The summed E-state index contributed by atoms with van der Waals surface area (Å²) in [4.78, 5) is 11.3. The molecule has 2 heteroatoms. The maximum Gasteiger partial charge on any atom is 0.143 e. The molecule has 0 aliphatic heterocycles. The lowest BCUT2D eigenvalue weighted by Crippen LogP contribution is -2.19. The van der Waals surface area contributed by atoms with Gasteiger partial charge in [-0.3, -0.25) is 4.79 Å². The first kappa shape index (κ1) is 16.3. The molecule has 0 saturated carbocycles. The molecule has 0 amide bonds. The molecule has 2 unspecified atom stereocenters. The summed E-state index contributed by atoms with van der Waals surface area (Å²) >= 11 is 0. The molecule has 2 atom stereocenters. The van der Waals surface area contributed by atoms with E-state index in [4.69, 9.17) is 4.74 Å². The molecule has 0 spiro atoms. The quantitative estimate of drug-likeness (QED) is 0.449. The molecule has 24 heavy (non-hydrogen) atoms. The van der Waals surface area contributed by atoms with E-state index in [1.165, 1.54) is 11.1 Å². The topological polar surface area (TPSA) is 26.3 Å². The Morgan fingerprint density at radius 1 is 1.21 bits per heavy atom. The van der Waals surface area contributed by atoms with Crippen molar-refractivity contribution in [1.82, 2.24) is 0 Å². The van der Waals surface area contributed by atoms with Crippen LogP contribution in [-0.2, 0) is 11.2 Å². The molecule has 2 nitrogen and oxygen atoms in total. The van der Waals surface area contributed by atoms with E-state index in [0.29, 0.717) is 0 Å². The number of ether oxygens (including phenoxy) is 1. The lowest BCUT2D eigenvalue weighted by atomic mass is 9.71. The second kappa shape index (κ2) is 7.31. The molecule has 0 heterocycles. The van der Waals surface area contributed by atoms with E-state index in [1.807, 2.05) is 18.2 Å². The third kappa shape index (κ3) is 3.05. The number of allylic oxidation sites excluding steroid dienone is 3. The van der Waals surface area contributed by atoms with Gasteiger partial charge < -0.3 is 4.74 Å². The Labute approximate surface area is 143 Å². The van der Waals surface area contributed by atoms with Crippen molar-refractivity contribution in [3.05, 3.63) is 84.0 Å². The first-order valence-corrected chi connectivity index (χ1v) is 8.28. The van der Waals surface area contributed by atoms with E-state index in [1.54, 1.807) is 13.2 Å². The van der Waals surface area contributed by atoms with Gasteiger partial charge in [-0.05, 0) is 59.2 Å². The molecular weight excluding hydrogens is 296 g/mol. The number of hydrogen-bond donors (Lipinski definition) is 0. The first-order chi connectivity index (χ1) is 11.8. The Kier molecular flexibility index (Phi) is 4.95. The lowest BCUT2D eigenvalue weighted by molar-refractivity contribution is -0.104. The Balaban J connectivity index is 2.04. The zero-order chi connectivity index (χ0) is 16.9. The van der Waals surface area contributed by atoms with Crippen LogP contribution in [-0.4, -0.2) is 13.4 Å². The van der Waals surface area contributed by atoms with Crippen LogP contribution in [0.3, 0.4) is 0 Å². The Hall–Kier alpha value is -2.61. The normalized spacial score (nSPS) is 19.4. The largest absolute Gasteiger partial charge is 0.497 e. The van der Waals surface area contributed by atoms with E-state index < -0.39 is 0 Å². The second-order valence-electron chi connectivity index (χ2n) is 6.10. The van der Waals surface area contributed by atoms with Gasteiger partial charge in [0.15, 0.2) is 0 Å². The zero-order valence-electron chi connectivity index (χ0n) is 13.9. The predicted molar refractivity (Wildman–Crippen MR) is 98.2 cm³/mol. The van der Waals surface area contributed by atoms with E-state index in [9.17, 15) is 4.79 Å². The highest BCUT2D eigenvalue weighted by Crippen LogP contribution is 2.44. The Morgan fingerprint density at radius 3 is 2.67 bits per heavy atom. The Bertz CT molecular complexity index is 759. The van der Waals surface area contributed by atoms with E-state index in [2.05, 4.69) is 43.0 Å². The summed E-state index contributed by atoms with van der Waals surface area (Å²) < 4.78 is 5.34. The van der Waals surface area contributed by atoms with Crippen LogP contribution in [0.25, 0.3) is 5.57 Å². The average Bonchev–Trinajstić information content (AvgIpc) is 2.64. The van der Waals surface area contributed by atoms with Gasteiger partial charge in [-0.15, -0.1) is 6.58 Å². The monoisotopic (exact) mass is 318 g/mol. The van der Waals surface area contributed by atoms with Gasteiger partial charge in [-0.2, -0.15) is 0 Å². The van der Waals surface area contributed by atoms with E-state index in [0.717, 1.165) is 36.0 Å². The van der Waals surface area contributed by atoms with Crippen molar-refractivity contribution in [3.63, 3.8) is 0 Å². The van der Waals surface area contributed by atoms with Gasteiger partial charge in [0.25, 0.3) is 0 Å². The number of aryl methyl sites for hydroxylation is 1. The average molecular weight is 318 g/mol. The molecule has 0 N–H and O–H groups in total. The van der Waals surface area contributed by atoms with Crippen LogP contribution < -0.4 is 4.74 Å². The standard InChI is InChI=1S/C22H22O2/c1-3-19(16-7-5-4-6-8-16)21-11-9-17-15-18(24-2)10-12-20(17)22(21)13-14-23/h3-8,10,12-15,19,21H,1,9,11H2,2H3/b22-13-. The molecule has 2 aromatic carbocycles. The van der Waals surface area contributed by atoms with Crippen LogP contribution >= 0.6 is 0 Å². The van der Waals surface area contributed by atoms with Crippen molar-refractivity contribution in [2.24, 2.45) is 5.92 Å². The van der Waals surface area contributed by atoms with Crippen molar-refractivity contribution in [3.8, 4) is 5.75 Å². The molecule has 122 valence electrons. The number of carbonyl (C=O) groups is 1. The van der Waals surface area contributed by atoms with Crippen LogP contribution in [0.15, 0.2) is 67.3 Å². The van der Waals surface area contributed by atoms with Gasteiger partial charge in [0.2, 0.25) is 0 Å². The summed E-state index contributed by atoms with van der Waals surface area (Å²) in [6, 6.07) is 16.5. The molecule has 0 saturated heterocycles. The van der Waals surface area contributed by atoms with Crippen molar-refractivity contribution in [2.75, 3.05) is 7.11 Å². The summed E-state index contributed by atoms with van der Waals surface area (Å²) in [5.74, 6) is 1.32. The highest BCUT2D eigenvalue weighted by molar-refractivity contribution is 5.85. The molecule has 0 fully saturated rings. The van der Waals surface area contributed by atoms with Crippen LogP contribution in [0.1, 0.15) is 29.0 Å². The predicted octanol–water partition coefficient (Wildman–Crippen LogP) is 4.81. The maximum atomic E-state index is 11.3. The maximum absolute atomic E-state index is 11.3. The number of methoxy groups -OCH3 is 1. The summed E-state index contributed by atoms with van der Waals surface area (Å²) in [6.07, 6.45) is 6.59. The molecule has 0 radical (unpaired) electrons. The summed E-state index contributed by atoms with van der Waals surface area (Å²) in [6.45, 7) is 4.05. The molecule has 1 aliphatic carbocycles. The fourth-order valence-electron chi connectivity index (χ4n) is 3.72. The third-order valence-electron chi connectivity index (χ3n) is 4.87. The van der Waals surface area contributed by atoms with Crippen molar-refractivity contribution in [2.45, 2.75) is 18.8 Å². The molecule has 1 aliphatic rings. The zero-order valence-corrected chi connectivity index (χ0v) is 13.9. The van der Waals surface area contributed by atoms with Gasteiger partial charge in [0, 0.05) is 5.92 Å². The van der Waals surface area contributed by atoms with Crippen molar-refractivity contribution < 1.29 is 9.53 Å². The molecule has 3 rings (SSSR count). The SMILES string of the molecule is C=CC(c1ccccc1)C1CCc2cc(OC)ccc2/C1=C/C=O. The van der Waals surface area contributed by atoms with Gasteiger partial charge in [-0.1, -0.05) is 42.5 Å². The molecule has 0 bridgehead atoms. The first-order valence-electron chi connectivity index (χ1n) is 8.28. The number of carbonyl (C=O) groups excluding carboxylic acids is 1. The van der Waals surface area contributed by atoms with Crippen LogP contribution in [0, 0.1) is 5.92 Å². The summed E-state index contributed by atoms with van der Waals surface area (Å²) in [5, 5.41) is 0. The van der Waals surface area contributed by atoms with Crippen LogP contribution in [0.2, 0.25) is 0 Å². The highest BCUT2D eigenvalue weighted by Gasteiger charge is 2.30. The van der Waals surface area contributed by atoms with Crippen LogP contribution in [0.5, 0.6) is 5.75 Å². The fourth-order valence-corrected chi connectivity index (χ4v) is 3.72. The van der Waals surface area contributed by atoms with Gasteiger partial charge >= 0.3 is 0 Å². The summed E-state index contributed by atoms with van der Waals surface area (Å²) in [5.41, 5.74) is 4.74. The highest BCUT2D eigenvalue weighted by atomic mass is 16.5. The lowest BCUT2D eigenvalue weighted by Gasteiger charge is -2.33. The fraction of sp³-hybridized carbons (Fsp3) is 0.227. The van der Waals surface area contributed by atoms with E-state index >= 15 is 0 Å².